The van der Waals surface area contributed by atoms with Crippen molar-refractivity contribution in [1.29, 1.82) is 0 Å². The lowest BCUT2D eigenvalue weighted by atomic mass is 9.92. The number of hydrogen-bond acceptors (Lipinski definition) is 6. The van der Waals surface area contributed by atoms with E-state index in [1.165, 1.54) is 12.8 Å². The fourth-order valence-electron chi connectivity index (χ4n) is 4.73. The Kier molecular flexibility index (Phi) is 5.53. The molecule has 1 aromatic carbocycles. The Morgan fingerprint density at radius 2 is 1.71 bits per heavy atom. The number of carbonyl (C=O) groups excluding carboxylic acids is 2. The number of amides is 2. The number of aromatic nitrogens is 1. The summed E-state index contributed by atoms with van der Waals surface area (Å²) in [4.78, 5) is 27.2. The van der Waals surface area contributed by atoms with Gasteiger partial charge in [-0.2, -0.15) is 0 Å². The van der Waals surface area contributed by atoms with Crippen molar-refractivity contribution >= 4 is 17.5 Å². The number of hydrogen-bond donors (Lipinski definition) is 1. The van der Waals surface area contributed by atoms with Crippen LogP contribution in [-0.4, -0.2) is 48.2 Å². The summed E-state index contributed by atoms with van der Waals surface area (Å²) in [6, 6.07) is 6.99. The van der Waals surface area contributed by atoms with Crippen molar-refractivity contribution in [1.82, 2.24) is 10.1 Å². The van der Waals surface area contributed by atoms with E-state index in [1.807, 2.05) is 4.90 Å². The van der Waals surface area contributed by atoms with E-state index in [2.05, 4.69) is 10.5 Å². The molecule has 31 heavy (non-hydrogen) atoms. The molecular formula is C23H27N3O5. The van der Waals surface area contributed by atoms with Crippen LogP contribution in [0, 0.1) is 5.92 Å². The lowest BCUT2D eigenvalue weighted by molar-refractivity contribution is -0.136. The molecule has 5 rings (SSSR count). The Morgan fingerprint density at radius 3 is 2.48 bits per heavy atom. The van der Waals surface area contributed by atoms with Crippen molar-refractivity contribution in [2.24, 2.45) is 5.92 Å². The molecule has 1 aliphatic carbocycles. The number of rotatable bonds is 4. The molecule has 8 heteroatoms. The first-order chi connectivity index (χ1) is 15.2. The average molecular weight is 425 g/mol. The molecule has 2 fully saturated rings. The molecule has 3 aliphatic rings. The Labute approximate surface area is 180 Å². The summed E-state index contributed by atoms with van der Waals surface area (Å²) in [7, 11) is 0. The Bertz CT molecular complexity index is 958. The molecule has 0 unspecified atom stereocenters. The fourth-order valence-corrected chi connectivity index (χ4v) is 4.73. The summed E-state index contributed by atoms with van der Waals surface area (Å²) in [6.07, 6.45) is 6.09. The fraction of sp³-hybridized carbons (Fsp3) is 0.522. The van der Waals surface area contributed by atoms with Crippen LogP contribution in [0.4, 0.5) is 5.69 Å². The zero-order valence-corrected chi connectivity index (χ0v) is 17.5. The second-order valence-electron chi connectivity index (χ2n) is 8.51. The zero-order chi connectivity index (χ0) is 21.2. The van der Waals surface area contributed by atoms with Crippen molar-refractivity contribution in [2.45, 2.75) is 44.4 Å². The largest absolute Gasteiger partial charge is 0.486 e. The van der Waals surface area contributed by atoms with Gasteiger partial charge in [0.25, 0.3) is 5.91 Å². The van der Waals surface area contributed by atoms with Gasteiger partial charge < -0.3 is 24.2 Å². The molecule has 1 aromatic heterocycles. The zero-order valence-electron chi connectivity index (χ0n) is 17.5. The third kappa shape index (κ3) is 4.24. The summed E-state index contributed by atoms with van der Waals surface area (Å²) in [5, 5.41) is 6.95. The van der Waals surface area contributed by atoms with Crippen LogP contribution in [0.25, 0.3) is 0 Å². The Hall–Kier alpha value is -3.03. The molecule has 8 nitrogen and oxygen atoms in total. The highest BCUT2D eigenvalue weighted by Gasteiger charge is 2.31. The van der Waals surface area contributed by atoms with Crippen LogP contribution in [0.2, 0.25) is 0 Å². The maximum Gasteiger partial charge on any atom is 0.294 e. The maximum absolute atomic E-state index is 12.6. The van der Waals surface area contributed by atoms with Gasteiger partial charge in [-0.15, -0.1) is 0 Å². The third-order valence-electron chi connectivity index (χ3n) is 6.48. The number of fused-ring (bicyclic) bond motifs is 1. The normalized spacial score (nSPS) is 19.4. The average Bonchev–Trinajstić information content (AvgIpc) is 3.51. The van der Waals surface area contributed by atoms with Crippen LogP contribution in [0.5, 0.6) is 11.5 Å². The highest BCUT2D eigenvalue weighted by Crippen LogP contribution is 2.34. The standard InChI is InChI=1S/C23H27N3O5/c27-22(24-17-5-6-19-20(13-17)30-12-11-29-19)21-14-18(25-31-21)15-7-9-26(10-8-15)23(28)16-3-1-2-4-16/h5-6,13-16H,1-4,7-12H2,(H,24,27). The van der Waals surface area contributed by atoms with E-state index in [-0.39, 0.29) is 23.5 Å². The highest BCUT2D eigenvalue weighted by atomic mass is 16.6. The minimum absolute atomic E-state index is 0.175. The number of piperidine rings is 1. The Morgan fingerprint density at radius 1 is 0.968 bits per heavy atom. The second-order valence-corrected chi connectivity index (χ2v) is 8.51. The maximum atomic E-state index is 12.6. The van der Waals surface area contributed by atoms with Gasteiger partial charge in [0.15, 0.2) is 11.5 Å². The van der Waals surface area contributed by atoms with E-state index in [1.54, 1.807) is 24.3 Å². The minimum Gasteiger partial charge on any atom is -0.486 e. The smallest absolute Gasteiger partial charge is 0.294 e. The molecule has 1 N–H and O–H groups in total. The van der Waals surface area contributed by atoms with Crippen molar-refractivity contribution in [3.8, 4) is 11.5 Å². The number of likely N-dealkylation sites (tertiary alicyclic amines) is 1. The monoisotopic (exact) mass is 425 g/mol. The predicted molar refractivity (Wildman–Crippen MR) is 112 cm³/mol. The van der Waals surface area contributed by atoms with Crippen LogP contribution in [-0.2, 0) is 4.79 Å². The van der Waals surface area contributed by atoms with E-state index in [9.17, 15) is 9.59 Å². The van der Waals surface area contributed by atoms with Gasteiger partial charge in [-0.3, -0.25) is 9.59 Å². The van der Waals surface area contributed by atoms with Crippen LogP contribution in [0.1, 0.15) is 60.7 Å². The highest BCUT2D eigenvalue weighted by molar-refractivity contribution is 6.02. The summed E-state index contributed by atoms with van der Waals surface area (Å²) in [5.74, 6) is 1.84. The first-order valence-corrected chi connectivity index (χ1v) is 11.1. The summed E-state index contributed by atoms with van der Waals surface area (Å²) >= 11 is 0. The van der Waals surface area contributed by atoms with Gasteiger partial charge in [-0.1, -0.05) is 18.0 Å². The van der Waals surface area contributed by atoms with E-state index in [0.29, 0.717) is 36.3 Å². The topological polar surface area (TPSA) is 93.9 Å². The van der Waals surface area contributed by atoms with Gasteiger partial charge in [-0.25, -0.2) is 0 Å². The molecule has 0 spiro atoms. The van der Waals surface area contributed by atoms with Gasteiger partial charge in [-0.05, 0) is 37.8 Å². The van der Waals surface area contributed by atoms with Crippen molar-refractivity contribution < 1.29 is 23.6 Å². The number of nitrogens with zero attached hydrogens (tertiary/aromatic N) is 2. The molecule has 2 aromatic rings. The van der Waals surface area contributed by atoms with Gasteiger partial charge in [0.2, 0.25) is 11.7 Å². The molecule has 1 saturated heterocycles. The molecule has 0 radical (unpaired) electrons. The van der Waals surface area contributed by atoms with Gasteiger partial charge >= 0.3 is 0 Å². The molecule has 3 heterocycles. The van der Waals surface area contributed by atoms with Crippen LogP contribution in [0.15, 0.2) is 28.8 Å². The Balaban J connectivity index is 1.17. The van der Waals surface area contributed by atoms with E-state index < -0.39 is 0 Å². The summed E-state index contributed by atoms with van der Waals surface area (Å²) in [6.45, 7) is 2.49. The first kappa shape index (κ1) is 19.9. The number of nitrogens with one attached hydrogen (secondary N) is 1. The third-order valence-corrected chi connectivity index (χ3v) is 6.48. The van der Waals surface area contributed by atoms with Gasteiger partial charge in [0.1, 0.15) is 13.2 Å². The van der Waals surface area contributed by atoms with E-state index >= 15 is 0 Å². The second kappa shape index (κ2) is 8.61. The van der Waals surface area contributed by atoms with Crippen molar-refractivity contribution in [2.75, 3.05) is 31.6 Å². The van der Waals surface area contributed by atoms with Crippen molar-refractivity contribution in [3.05, 3.63) is 35.7 Å². The molecule has 0 bridgehead atoms. The summed E-state index contributed by atoms with van der Waals surface area (Å²) < 4.78 is 16.4. The molecule has 1 saturated carbocycles. The molecule has 0 atom stereocenters. The minimum atomic E-state index is -0.357. The van der Waals surface area contributed by atoms with Gasteiger partial charge in [0, 0.05) is 42.7 Å². The van der Waals surface area contributed by atoms with Crippen LogP contribution >= 0.6 is 0 Å². The number of carbonyl (C=O) groups is 2. The lowest BCUT2D eigenvalue weighted by Crippen LogP contribution is -2.40. The number of ether oxygens (including phenoxy) is 2. The molecule has 2 aliphatic heterocycles. The summed E-state index contributed by atoms with van der Waals surface area (Å²) in [5.41, 5.74) is 1.38. The van der Waals surface area contributed by atoms with Crippen LogP contribution < -0.4 is 14.8 Å². The molecule has 2 amide bonds. The van der Waals surface area contributed by atoms with Crippen LogP contribution in [0.3, 0.4) is 0 Å². The molecular weight excluding hydrogens is 398 g/mol. The van der Waals surface area contributed by atoms with Crippen molar-refractivity contribution in [3.63, 3.8) is 0 Å². The predicted octanol–water partition coefficient (Wildman–Crippen LogP) is 3.59. The number of anilines is 1. The quantitative estimate of drug-likeness (QED) is 0.805. The first-order valence-electron chi connectivity index (χ1n) is 11.1. The van der Waals surface area contributed by atoms with E-state index in [4.69, 9.17) is 14.0 Å². The number of benzene rings is 1. The van der Waals surface area contributed by atoms with Gasteiger partial charge in [0.05, 0.1) is 5.69 Å². The lowest BCUT2D eigenvalue weighted by Gasteiger charge is -2.32. The molecule has 164 valence electrons. The SMILES string of the molecule is O=C(Nc1ccc2c(c1)OCCO2)c1cc(C2CCN(C(=O)C3CCCC3)CC2)no1. The van der Waals surface area contributed by atoms with E-state index in [0.717, 1.165) is 44.5 Å².